The number of nitrogens with zero attached hydrogens (tertiary/aromatic N) is 4. The molecule has 1 aromatic rings. The summed E-state index contributed by atoms with van der Waals surface area (Å²) >= 11 is 0. The summed E-state index contributed by atoms with van der Waals surface area (Å²) in [5, 5.41) is 6.48. The van der Waals surface area contributed by atoms with Crippen molar-refractivity contribution in [3.05, 3.63) is 23.9 Å². The number of nitrogens with one attached hydrogen (secondary N) is 2. The lowest BCUT2D eigenvalue weighted by atomic mass is 10.2. The van der Waals surface area contributed by atoms with Crippen molar-refractivity contribution in [2.24, 2.45) is 10.9 Å². The molecule has 3 fully saturated rings. The van der Waals surface area contributed by atoms with Crippen molar-refractivity contribution < 1.29 is 9.53 Å². The zero-order chi connectivity index (χ0) is 20.8. The van der Waals surface area contributed by atoms with Crippen molar-refractivity contribution in [2.45, 2.75) is 45.2 Å². The molecule has 0 bridgehead atoms. The number of piperazine rings is 1. The van der Waals surface area contributed by atoms with Gasteiger partial charge in [0, 0.05) is 51.0 Å². The molecule has 0 aromatic carbocycles. The van der Waals surface area contributed by atoms with Gasteiger partial charge in [-0.05, 0) is 50.2 Å². The van der Waals surface area contributed by atoms with Gasteiger partial charge in [-0.2, -0.15) is 0 Å². The molecule has 0 radical (unpaired) electrons. The minimum Gasteiger partial charge on any atom is -0.477 e. The second-order valence-corrected chi connectivity index (χ2v) is 8.53. The molecule has 2 heterocycles. The van der Waals surface area contributed by atoms with E-state index in [0.29, 0.717) is 30.9 Å². The summed E-state index contributed by atoms with van der Waals surface area (Å²) in [6, 6.07) is 4.42. The molecule has 1 amide bonds. The Balaban J connectivity index is 0.00000272. The van der Waals surface area contributed by atoms with E-state index in [1.54, 1.807) is 6.20 Å². The highest BCUT2D eigenvalue weighted by Crippen LogP contribution is 2.29. The maximum absolute atomic E-state index is 12.0. The third kappa shape index (κ3) is 8.10. The van der Waals surface area contributed by atoms with Crippen molar-refractivity contribution in [1.29, 1.82) is 0 Å². The summed E-state index contributed by atoms with van der Waals surface area (Å²) in [5.41, 5.74) is 1.10. The van der Waals surface area contributed by atoms with Gasteiger partial charge in [0.1, 0.15) is 0 Å². The topological polar surface area (TPSA) is 82.1 Å². The molecular formula is C22H35IN6O2. The van der Waals surface area contributed by atoms with Crippen LogP contribution in [0.3, 0.4) is 0 Å². The van der Waals surface area contributed by atoms with Crippen LogP contribution in [0.2, 0.25) is 0 Å². The van der Waals surface area contributed by atoms with Crippen molar-refractivity contribution in [3.63, 3.8) is 0 Å². The number of carbonyl (C=O) groups excluding carboxylic acids is 1. The van der Waals surface area contributed by atoms with Crippen LogP contribution >= 0.6 is 24.0 Å². The summed E-state index contributed by atoms with van der Waals surface area (Å²) in [6.45, 7) is 8.26. The first-order valence-corrected chi connectivity index (χ1v) is 11.3. The van der Waals surface area contributed by atoms with Crippen LogP contribution in [0, 0.1) is 5.92 Å². The molecule has 1 aromatic heterocycles. The van der Waals surface area contributed by atoms with Gasteiger partial charge in [0.15, 0.2) is 5.96 Å². The highest BCUT2D eigenvalue weighted by Gasteiger charge is 2.26. The zero-order valence-corrected chi connectivity index (χ0v) is 20.7. The third-order valence-electron chi connectivity index (χ3n) is 5.69. The van der Waals surface area contributed by atoms with E-state index < -0.39 is 0 Å². The first-order valence-electron chi connectivity index (χ1n) is 11.3. The molecule has 2 aliphatic carbocycles. The number of ether oxygens (including phenoxy) is 1. The van der Waals surface area contributed by atoms with Gasteiger partial charge in [-0.15, -0.1) is 24.0 Å². The first-order chi connectivity index (χ1) is 14.7. The molecule has 31 heavy (non-hydrogen) atoms. The van der Waals surface area contributed by atoms with Gasteiger partial charge in [-0.1, -0.05) is 0 Å². The molecule has 0 unspecified atom stereocenters. The van der Waals surface area contributed by atoms with Gasteiger partial charge < -0.3 is 20.3 Å². The molecule has 1 saturated heterocycles. The molecule has 0 atom stereocenters. The SMILES string of the molecule is CCNC(=NCc1ccnc(OCC2CC2)c1)N1CCN(CC(=O)NC2CC2)CC1.I. The normalized spacial score (nSPS) is 19.5. The molecule has 9 heteroatoms. The number of aromatic nitrogens is 1. The smallest absolute Gasteiger partial charge is 0.234 e. The standard InChI is InChI=1S/C22H34N6O2.HI/c1-2-23-22(25-14-18-7-8-24-21(13-18)30-16-17-3-4-17)28-11-9-27(10-12-28)15-20(29)26-19-5-6-19;/h7-8,13,17,19H,2-6,9-12,14-16H2,1H3,(H,23,25)(H,26,29);1H. The maximum atomic E-state index is 12.0. The zero-order valence-electron chi connectivity index (χ0n) is 18.4. The lowest BCUT2D eigenvalue weighted by Crippen LogP contribution is -2.54. The Morgan fingerprint density at radius 2 is 2.00 bits per heavy atom. The third-order valence-corrected chi connectivity index (χ3v) is 5.69. The number of hydrogen-bond acceptors (Lipinski definition) is 5. The van der Waals surface area contributed by atoms with Gasteiger partial charge in [-0.3, -0.25) is 9.69 Å². The average molecular weight is 542 g/mol. The Hall–Kier alpha value is -1.62. The molecule has 8 nitrogen and oxygen atoms in total. The maximum Gasteiger partial charge on any atom is 0.234 e. The molecule has 172 valence electrons. The van der Waals surface area contributed by atoms with Gasteiger partial charge in [0.25, 0.3) is 0 Å². The number of aliphatic imine (C=N–C) groups is 1. The predicted octanol–water partition coefficient (Wildman–Crippen LogP) is 1.85. The Morgan fingerprint density at radius 3 is 2.68 bits per heavy atom. The van der Waals surface area contributed by atoms with Crippen LogP contribution in [-0.2, 0) is 11.3 Å². The van der Waals surface area contributed by atoms with E-state index in [0.717, 1.165) is 63.7 Å². The van der Waals surface area contributed by atoms with Gasteiger partial charge in [0.05, 0.1) is 19.7 Å². The fourth-order valence-electron chi connectivity index (χ4n) is 3.53. The fourth-order valence-corrected chi connectivity index (χ4v) is 3.53. The highest BCUT2D eigenvalue weighted by molar-refractivity contribution is 14.0. The van der Waals surface area contributed by atoms with Crippen LogP contribution in [0.15, 0.2) is 23.3 Å². The van der Waals surface area contributed by atoms with E-state index in [-0.39, 0.29) is 29.9 Å². The first kappa shape index (κ1) is 24.0. The minimum atomic E-state index is 0. The number of rotatable bonds is 9. The van der Waals surface area contributed by atoms with Crippen LogP contribution in [0.25, 0.3) is 0 Å². The molecule has 1 aliphatic heterocycles. The van der Waals surface area contributed by atoms with E-state index >= 15 is 0 Å². The number of hydrogen-bond donors (Lipinski definition) is 2. The largest absolute Gasteiger partial charge is 0.477 e. The monoisotopic (exact) mass is 542 g/mol. The van der Waals surface area contributed by atoms with E-state index in [1.807, 2.05) is 12.1 Å². The number of pyridine rings is 1. The van der Waals surface area contributed by atoms with Crippen LogP contribution in [0.5, 0.6) is 5.88 Å². The lowest BCUT2D eigenvalue weighted by molar-refractivity contribution is -0.122. The number of carbonyl (C=O) groups is 1. The summed E-state index contributed by atoms with van der Waals surface area (Å²) in [7, 11) is 0. The Bertz CT molecular complexity index is 745. The Labute approximate surface area is 202 Å². The van der Waals surface area contributed by atoms with E-state index in [4.69, 9.17) is 9.73 Å². The minimum absolute atomic E-state index is 0. The van der Waals surface area contributed by atoms with Crippen LogP contribution in [0.1, 0.15) is 38.2 Å². The Morgan fingerprint density at radius 1 is 1.23 bits per heavy atom. The summed E-state index contributed by atoms with van der Waals surface area (Å²) in [4.78, 5) is 25.7. The van der Waals surface area contributed by atoms with Crippen LogP contribution < -0.4 is 15.4 Å². The van der Waals surface area contributed by atoms with Crippen LogP contribution in [-0.4, -0.2) is 78.6 Å². The van der Waals surface area contributed by atoms with E-state index in [1.165, 1.54) is 12.8 Å². The van der Waals surface area contributed by atoms with Gasteiger partial charge >= 0.3 is 0 Å². The second kappa shape index (κ2) is 11.8. The van der Waals surface area contributed by atoms with Crippen molar-refractivity contribution in [2.75, 3.05) is 45.9 Å². The van der Waals surface area contributed by atoms with Gasteiger partial charge in [0.2, 0.25) is 11.8 Å². The fraction of sp³-hybridized carbons (Fsp3) is 0.682. The molecule has 2 saturated carbocycles. The Kier molecular flexibility index (Phi) is 9.18. The summed E-state index contributed by atoms with van der Waals surface area (Å²) < 4.78 is 5.79. The number of amides is 1. The predicted molar refractivity (Wildman–Crippen MR) is 132 cm³/mol. The van der Waals surface area contributed by atoms with E-state index in [9.17, 15) is 4.79 Å². The van der Waals surface area contributed by atoms with Crippen molar-refractivity contribution >= 4 is 35.8 Å². The second-order valence-electron chi connectivity index (χ2n) is 8.53. The molecular weight excluding hydrogens is 507 g/mol. The van der Waals surface area contributed by atoms with Gasteiger partial charge in [-0.25, -0.2) is 9.98 Å². The summed E-state index contributed by atoms with van der Waals surface area (Å²) in [6.07, 6.45) is 6.61. The lowest BCUT2D eigenvalue weighted by Gasteiger charge is -2.36. The molecule has 0 spiro atoms. The molecule has 4 rings (SSSR count). The summed E-state index contributed by atoms with van der Waals surface area (Å²) in [5.74, 6) is 2.49. The van der Waals surface area contributed by atoms with Crippen LogP contribution in [0.4, 0.5) is 0 Å². The van der Waals surface area contributed by atoms with Crippen molar-refractivity contribution in [1.82, 2.24) is 25.4 Å². The quantitative estimate of drug-likeness (QED) is 0.282. The van der Waals surface area contributed by atoms with Crippen molar-refractivity contribution in [3.8, 4) is 5.88 Å². The van der Waals surface area contributed by atoms with E-state index in [2.05, 4.69) is 32.3 Å². The highest BCUT2D eigenvalue weighted by atomic mass is 127. The average Bonchev–Trinajstić information content (AvgIpc) is 3.66. The molecule has 2 N–H and O–H groups in total. The molecule has 3 aliphatic rings. The number of halogens is 1. The number of guanidine groups is 1.